The van der Waals surface area contributed by atoms with Gasteiger partial charge in [0.1, 0.15) is 0 Å². The summed E-state index contributed by atoms with van der Waals surface area (Å²) in [6.07, 6.45) is 1.96. The van der Waals surface area contributed by atoms with Crippen molar-refractivity contribution in [3.05, 3.63) is 29.8 Å². The molecule has 20 heavy (non-hydrogen) atoms. The number of benzene rings is 1. The van der Waals surface area contributed by atoms with E-state index in [1.54, 1.807) is 39.8 Å². The van der Waals surface area contributed by atoms with Crippen LogP contribution in [-0.4, -0.2) is 24.7 Å². The average Bonchev–Trinajstić information content (AvgIpc) is 2.27. The fourth-order valence-corrected chi connectivity index (χ4v) is 3.18. The molecule has 0 saturated carbocycles. The van der Waals surface area contributed by atoms with Gasteiger partial charge in [-0.25, -0.2) is 13.1 Å². The van der Waals surface area contributed by atoms with Crippen LogP contribution in [0.2, 0.25) is 0 Å². The Morgan fingerprint density at radius 3 is 2.00 bits per heavy atom. The van der Waals surface area contributed by atoms with E-state index in [2.05, 4.69) is 11.6 Å². The van der Waals surface area contributed by atoms with E-state index in [-0.39, 0.29) is 4.90 Å². The Hall–Kier alpha value is -0.910. The minimum absolute atomic E-state index is 0.217. The van der Waals surface area contributed by atoms with Crippen molar-refractivity contribution in [3.8, 4) is 0 Å². The van der Waals surface area contributed by atoms with Gasteiger partial charge in [0, 0.05) is 0 Å². The van der Waals surface area contributed by atoms with Crippen molar-refractivity contribution in [1.29, 1.82) is 0 Å². The van der Waals surface area contributed by atoms with Crippen LogP contribution in [0, 0.1) is 0 Å². The maximum atomic E-state index is 12.3. The van der Waals surface area contributed by atoms with E-state index >= 15 is 0 Å². The molecule has 1 aromatic carbocycles. The van der Waals surface area contributed by atoms with Crippen molar-refractivity contribution in [2.45, 2.75) is 63.5 Å². The van der Waals surface area contributed by atoms with Crippen molar-refractivity contribution in [3.63, 3.8) is 0 Å². The summed E-state index contributed by atoms with van der Waals surface area (Å²) in [5.74, 6) is 0. The van der Waals surface area contributed by atoms with Crippen LogP contribution in [0.15, 0.2) is 29.2 Å². The second kappa shape index (κ2) is 5.84. The predicted octanol–water partition coefficient (Wildman–Crippen LogP) is 2.47. The highest BCUT2D eigenvalue weighted by Crippen LogP contribution is 2.23. The van der Waals surface area contributed by atoms with Gasteiger partial charge in [-0.3, -0.25) is 0 Å². The average molecular weight is 299 g/mol. The molecule has 4 nitrogen and oxygen atoms in total. The molecule has 5 heteroatoms. The van der Waals surface area contributed by atoms with Crippen molar-refractivity contribution in [1.82, 2.24) is 4.72 Å². The van der Waals surface area contributed by atoms with Gasteiger partial charge in [-0.2, -0.15) is 0 Å². The first-order chi connectivity index (χ1) is 8.99. The van der Waals surface area contributed by atoms with Gasteiger partial charge in [0.2, 0.25) is 10.0 Å². The molecule has 0 aliphatic heterocycles. The number of nitrogens with one attached hydrogen (secondary N) is 1. The number of aliphatic hydroxyl groups is 1. The number of hydrogen-bond acceptors (Lipinski definition) is 3. The van der Waals surface area contributed by atoms with Gasteiger partial charge in [-0.05, 0) is 51.8 Å². The van der Waals surface area contributed by atoms with Gasteiger partial charge in [0.25, 0.3) is 0 Å². The lowest BCUT2D eigenvalue weighted by molar-refractivity contribution is 0.00639. The van der Waals surface area contributed by atoms with E-state index in [1.165, 1.54) is 0 Å². The first-order valence-electron chi connectivity index (χ1n) is 6.85. The van der Waals surface area contributed by atoms with E-state index in [4.69, 9.17) is 0 Å². The maximum Gasteiger partial charge on any atom is 0.241 e. The fraction of sp³-hybridized carbons (Fsp3) is 0.600. The van der Waals surface area contributed by atoms with Gasteiger partial charge in [0.05, 0.1) is 16.0 Å². The minimum Gasteiger partial charge on any atom is -0.389 e. The summed E-state index contributed by atoms with van der Waals surface area (Å²) in [5.41, 5.74) is -1.01. The Balaban J connectivity index is 3.00. The highest BCUT2D eigenvalue weighted by atomic mass is 32.2. The molecule has 0 bridgehead atoms. The summed E-state index contributed by atoms with van der Waals surface area (Å²) in [6.45, 7) is 8.57. The predicted molar refractivity (Wildman–Crippen MR) is 81.1 cm³/mol. The molecule has 0 unspecified atom stereocenters. The zero-order chi connectivity index (χ0) is 15.6. The normalized spacial score (nSPS) is 13.5. The Kier molecular flexibility index (Phi) is 5.00. The largest absolute Gasteiger partial charge is 0.389 e. The highest BCUT2D eigenvalue weighted by Gasteiger charge is 2.38. The minimum atomic E-state index is -3.64. The van der Waals surface area contributed by atoms with E-state index in [1.807, 2.05) is 12.1 Å². The summed E-state index contributed by atoms with van der Waals surface area (Å²) < 4.78 is 27.2. The van der Waals surface area contributed by atoms with Crippen LogP contribution in [0.4, 0.5) is 0 Å². The maximum absolute atomic E-state index is 12.3. The van der Waals surface area contributed by atoms with E-state index in [9.17, 15) is 13.5 Å². The third-order valence-corrected chi connectivity index (χ3v) is 5.36. The number of rotatable bonds is 6. The van der Waals surface area contributed by atoms with E-state index in [0.29, 0.717) is 0 Å². The quantitative estimate of drug-likeness (QED) is 0.848. The summed E-state index contributed by atoms with van der Waals surface area (Å²) in [4.78, 5) is 0.217. The smallest absolute Gasteiger partial charge is 0.241 e. The van der Waals surface area contributed by atoms with Crippen molar-refractivity contribution in [2.24, 2.45) is 0 Å². The second-order valence-corrected chi connectivity index (χ2v) is 7.87. The number of sulfonamides is 1. The highest BCUT2D eigenvalue weighted by molar-refractivity contribution is 7.89. The van der Waals surface area contributed by atoms with Gasteiger partial charge < -0.3 is 5.11 Å². The monoisotopic (exact) mass is 299 g/mol. The van der Waals surface area contributed by atoms with Gasteiger partial charge in [-0.1, -0.05) is 25.5 Å². The van der Waals surface area contributed by atoms with Gasteiger partial charge in [-0.15, -0.1) is 0 Å². The summed E-state index contributed by atoms with van der Waals surface area (Å²) in [5, 5.41) is 10.0. The molecular weight excluding hydrogens is 274 g/mol. The van der Waals surface area contributed by atoms with Crippen molar-refractivity contribution in [2.75, 3.05) is 0 Å². The molecule has 1 rings (SSSR count). The molecule has 0 saturated heterocycles. The molecular formula is C15H25NO3S. The Morgan fingerprint density at radius 2 is 1.60 bits per heavy atom. The number of aryl methyl sites for hydroxylation is 1. The van der Waals surface area contributed by atoms with E-state index < -0.39 is 21.2 Å². The lowest BCUT2D eigenvalue weighted by Gasteiger charge is -2.37. The lowest BCUT2D eigenvalue weighted by Crippen LogP contribution is -2.57. The molecule has 0 amide bonds. The first kappa shape index (κ1) is 17.1. The number of hydrogen-bond donors (Lipinski definition) is 2. The molecule has 0 radical (unpaired) electrons. The third kappa shape index (κ3) is 4.04. The zero-order valence-corrected chi connectivity index (χ0v) is 13.7. The molecule has 114 valence electrons. The van der Waals surface area contributed by atoms with Gasteiger partial charge >= 0.3 is 0 Å². The summed E-state index contributed by atoms with van der Waals surface area (Å²) in [7, 11) is -3.64. The molecule has 1 aromatic rings. The van der Waals surface area contributed by atoms with Crippen molar-refractivity contribution < 1.29 is 13.5 Å². The fourth-order valence-electron chi connectivity index (χ4n) is 1.64. The molecule has 0 heterocycles. The summed E-state index contributed by atoms with van der Waals surface area (Å²) in [6, 6.07) is 6.87. The van der Waals surface area contributed by atoms with Gasteiger partial charge in [0.15, 0.2) is 0 Å². The Bertz CT molecular complexity index is 539. The third-order valence-electron chi connectivity index (χ3n) is 3.69. The molecule has 0 atom stereocenters. The molecule has 0 aromatic heterocycles. The standard InChI is InChI=1S/C15H25NO3S/c1-6-7-12-8-10-13(11-9-12)20(18,19)16-14(2,3)15(4,5)17/h8-11,16-17H,6-7H2,1-5H3. The van der Waals surface area contributed by atoms with Crippen LogP contribution in [0.5, 0.6) is 0 Å². The first-order valence-corrected chi connectivity index (χ1v) is 8.33. The zero-order valence-electron chi connectivity index (χ0n) is 12.9. The topological polar surface area (TPSA) is 66.4 Å². The molecule has 2 N–H and O–H groups in total. The second-order valence-electron chi connectivity index (χ2n) is 6.18. The molecule has 0 spiro atoms. The van der Waals surface area contributed by atoms with Crippen molar-refractivity contribution >= 4 is 10.0 Å². The Morgan fingerprint density at radius 1 is 1.10 bits per heavy atom. The van der Waals surface area contributed by atoms with E-state index in [0.717, 1.165) is 18.4 Å². The van der Waals surface area contributed by atoms with Crippen LogP contribution < -0.4 is 4.72 Å². The summed E-state index contributed by atoms with van der Waals surface area (Å²) >= 11 is 0. The van der Waals surface area contributed by atoms with Crippen LogP contribution in [0.25, 0.3) is 0 Å². The van der Waals surface area contributed by atoms with Crippen LogP contribution in [0.3, 0.4) is 0 Å². The van der Waals surface area contributed by atoms with Crippen LogP contribution >= 0.6 is 0 Å². The lowest BCUT2D eigenvalue weighted by atomic mass is 9.87. The van der Waals surface area contributed by atoms with Crippen LogP contribution in [0.1, 0.15) is 46.6 Å². The molecule has 0 aliphatic rings. The molecule has 0 fully saturated rings. The Labute approximate surface area is 122 Å². The SMILES string of the molecule is CCCc1ccc(S(=O)(=O)NC(C)(C)C(C)(C)O)cc1. The van der Waals surface area contributed by atoms with Crippen LogP contribution in [-0.2, 0) is 16.4 Å². The molecule has 0 aliphatic carbocycles.